The number of aryl methyl sites for hydroxylation is 1. The lowest BCUT2D eigenvalue weighted by Gasteiger charge is -2.12. The Kier molecular flexibility index (Phi) is 4.57. The Morgan fingerprint density at radius 3 is 2.80 bits per heavy atom. The fourth-order valence-corrected chi connectivity index (χ4v) is 3.09. The van der Waals surface area contributed by atoms with E-state index in [4.69, 9.17) is 17.3 Å². The molecule has 2 rings (SSSR count). The number of carbonyl (C=O) groups is 2. The van der Waals surface area contributed by atoms with Crippen molar-refractivity contribution in [2.24, 2.45) is 0 Å². The van der Waals surface area contributed by atoms with Crippen LogP contribution in [0.25, 0.3) is 6.08 Å². The number of rotatable bonds is 4. The summed E-state index contributed by atoms with van der Waals surface area (Å²) in [5.74, 6) is -1.16. The molecule has 6 heteroatoms. The predicted octanol–water partition coefficient (Wildman–Crippen LogP) is 2.67. The van der Waals surface area contributed by atoms with Crippen LogP contribution in [0.5, 0.6) is 0 Å². The van der Waals surface area contributed by atoms with Crippen LogP contribution in [0.1, 0.15) is 17.5 Å². The van der Waals surface area contributed by atoms with E-state index in [9.17, 15) is 9.59 Å². The Hall–Kier alpha value is -1.66. The third-order valence-corrected chi connectivity index (χ3v) is 4.28. The summed E-state index contributed by atoms with van der Waals surface area (Å²) in [7, 11) is 0. The van der Waals surface area contributed by atoms with Crippen molar-refractivity contribution in [2.45, 2.75) is 13.3 Å². The van der Waals surface area contributed by atoms with Crippen LogP contribution in [0.3, 0.4) is 0 Å². The fourth-order valence-electron chi connectivity index (χ4n) is 1.79. The maximum absolute atomic E-state index is 12.2. The maximum atomic E-state index is 12.2. The number of thiocarbonyl (C=S) groups is 1. The number of amides is 1. The average Bonchev–Trinajstić information content (AvgIpc) is 2.65. The molecule has 104 valence electrons. The summed E-state index contributed by atoms with van der Waals surface area (Å²) in [4.78, 5) is 24.7. The smallest absolute Gasteiger partial charge is 0.305 e. The number of carboxylic acids is 1. The SMILES string of the molecule is Cc1ccccc1/C=C1\SC(=S)N(CCC(=O)O)C1=O. The molecule has 0 aliphatic carbocycles. The van der Waals surface area contributed by atoms with Crippen molar-refractivity contribution in [1.82, 2.24) is 4.90 Å². The molecule has 4 nitrogen and oxygen atoms in total. The molecular formula is C14H13NO3S2. The third kappa shape index (κ3) is 3.26. The number of carbonyl (C=O) groups excluding carboxylic acids is 1. The van der Waals surface area contributed by atoms with E-state index in [1.165, 1.54) is 16.7 Å². The molecule has 1 heterocycles. The first-order valence-corrected chi connectivity index (χ1v) is 7.24. The molecule has 1 amide bonds. The van der Waals surface area contributed by atoms with E-state index in [0.29, 0.717) is 9.23 Å². The summed E-state index contributed by atoms with van der Waals surface area (Å²) in [6.45, 7) is 2.09. The Bertz CT molecular complexity index is 610. The van der Waals surface area contributed by atoms with Crippen molar-refractivity contribution in [3.63, 3.8) is 0 Å². The highest BCUT2D eigenvalue weighted by Crippen LogP contribution is 2.32. The minimum atomic E-state index is -0.943. The zero-order chi connectivity index (χ0) is 14.7. The lowest BCUT2D eigenvalue weighted by molar-refractivity contribution is -0.137. The van der Waals surface area contributed by atoms with Crippen LogP contribution in [0.2, 0.25) is 0 Å². The Labute approximate surface area is 126 Å². The van der Waals surface area contributed by atoms with Gasteiger partial charge in [0.2, 0.25) is 0 Å². The molecule has 0 spiro atoms. The van der Waals surface area contributed by atoms with Crippen LogP contribution >= 0.6 is 24.0 Å². The van der Waals surface area contributed by atoms with Crippen molar-refractivity contribution < 1.29 is 14.7 Å². The summed E-state index contributed by atoms with van der Waals surface area (Å²) in [6.07, 6.45) is 1.69. The van der Waals surface area contributed by atoms with Crippen molar-refractivity contribution in [2.75, 3.05) is 6.54 Å². The van der Waals surface area contributed by atoms with Crippen LogP contribution in [-0.2, 0) is 9.59 Å². The first-order valence-electron chi connectivity index (χ1n) is 6.02. The normalized spacial score (nSPS) is 17.1. The molecule has 0 aromatic heterocycles. The Morgan fingerprint density at radius 2 is 2.15 bits per heavy atom. The minimum absolute atomic E-state index is 0.107. The largest absolute Gasteiger partial charge is 0.481 e. The molecule has 1 saturated heterocycles. The molecule has 1 fully saturated rings. The highest BCUT2D eigenvalue weighted by Gasteiger charge is 2.32. The fraction of sp³-hybridized carbons (Fsp3) is 0.214. The van der Waals surface area contributed by atoms with Gasteiger partial charge in [0.05, 0.1) is 11.3 Å². The molecule has 1 aromatic carbocycles. The average molecular weight is 307 g/mol. The second kappa shape index (κ2) is 6.19. The zero-order valence-electron chi connectivity index (χ0n) is 10.8. The van der Waals surface area contributed by atoms with Gasteiger partial charge in [0.25, 0.3) is 5.91 Å². The van der Waals surface area contributed by atoms with Crippen LogP contribution < -0.4 is 0 Å². The molecule has 0 radical (unpaired) electrons. The quantitative estimate of drug-likeness (QED) is 0.684. The van der Waals surface area contributed by atoms with Crippen LogP contribution in [0.15, 0.2) is 29.2 Å². The van der Waals surface area contributed by atoms with Gasteiger partial charge in [-0.1, -0.05) is 48.2 Å². The Balaban J connectivity index is 2.19. The monoisotopic (exact) mass is 307 g/mol. The number of nitrogens with zero attached hydrogens (tertiary/aromatic N) is 1. The molecule has 1 aliphatic rings. The van der Waals surface area contributed by atoms with Gasteiger partial charge in [-0.2, -0.15) is 0 Å². The van der Waals surface area contributed by atoms with Gasteiger partial charge in [-0.05, 0) is 24.1 Å². The van der Waals surface area contributed by atoms with Gasteiger partial charge in [-0.25, -0.2) is 0 Å². The number of thioether (sulfide) groups is 1. The van der Waals surface area contributed by atoms with E-state index in [2.05, 4.69) is 0 Å². The topological polar surface area (TPSA) is 57.6 Å². The van der Waals surface area contributed by atoms with Gasteiger partial charge in [-0.3, -0.25) is 14.5 Å². The predicted molar refractivity (Wildman–Crippen MR) is 83.3 cm³/mol. The highest BCUT2D eigenvalue weighted by atomic mass is 32.2. The van der Waals surface area contributed by atoms with Crippen molar-refractivity contribution in [3.8, 4) is 0 Å². The van der Waals surface area contributed by atoms with E-state index < -0.39 is 5.97 Å². The number of hydrogen-bond donors (Lipinski definition) is 1. The molecule has 1 N–H and O–H groups in total. The Morgan fingerprint density at radius 1 is 1.45 bits per heavy atom. The summed E-state index contributed by atoms with van der Waals surface area (Å²) >= 11 is 6.34. The molecule has 1 aliphatic heterocycles. The molecule has 0 bridgehead atoms. The van der Waals surface area contributed by atoms with Crippen molar-refractivity contribution >= 4 is 46.3 Å². The van der Waals surface area contributed by atoms with E-state index >= 15 is 0 Å². The molecule has 0 atom stereocenters. The molecule has 0 saturated carbocycles. The highest BCUT2D eigenvalue weighted by molar-refractivity contribution is 8.26. The molecular weight excluding hydrogens is 294 g/mol. The second-order valence-corrected chi connectivity index (χ2v) is 6.01. The molecule has 0 unspecified atom stereocenters. The first-order chi connectivity index (χ1) is 9.49. The zero-order valence-corrected chi connectivity index (χ0v) is 12.5. The van der Waals surface area contributed by atoms with Gasteiger partial charge in [0.1, 0.15) is 4.32 Å². The van der Waals surface area contributed by atoms with Gasteiger partial charge < -0.3 is 5.11 Å². The summed E-state index contributed by atoms with van der Waals surface area (Å²) in [5, 5.41) is 8.68. The molecule has 20 heavy (non-hydrogen) atoms. The van der Waals surface area contributed by atoms with Crippen molar-refractivity contribution in [1.29, 1.82) is 0 Å². The lowest BCUT2D eigenvalue weighted by Crippen LogP contribution is -2.30. The number of benzene rings is 1. The van der Waals surface area contributed by atoms with Crippen LogP contribution in [0, 0.1) is 6.92 Å². The van der Waals surface area contributed by atoms with E-state index in [0.717, 1.165) is 11.1 Å². The first kappa shape index (κ1) is 14.7. The van der Waals surface area contributed by atoms with Gasteiger partial charge in [0, 0.05) is 6.54 Å². The number of aliphatic carboxylic acids is 1. The molecule has 1 aromatic rings. The van der Waals surface area contributed by atoms with Gasteiger partial charge in [0.15, 0.2) is 0 Å². The van der Waals surface area contributed by atoms with Crippen LogP contribution in [0.4, 0.5) is 0 Å². The van der Waals surface area contributed by atoms with Crippen molar-refractivity contribution in [3.05, 3.63) is 40.3 Å². The van der Waals surface area contributed by atoms with Gasteiger partial charge in [-0.15, -0.1) is 0 Å². The van der Waals surface area contributed by atoms with E-state index in [1.54, 1.807) is 6.08 Å². The lowest BCUT2D eigenvalue weighted by atomic mass is 10.1. The summed E-state index contributed by atoms with van der Waals surface area (Å²) in [6, 6.07) is 7.74. The minimum Gasteiger partial charge on any atom is -0.481 e. The van der Waals surface area contributed by atoms with Crippen LogP contribution in [-0.4, -0.2) is 32.7 Å². The maximum Gasteiger partial charge on any atom is 0.305 e. The standard InChI is InChI=1S/C14H13NO3S2/c1-9-4-2-3-5-10(9)8-11-13(18)15(14(19)20-11)7-6-12(16)17/h2-5,8H,6-7H2,1H3,(H,16,17)/b11-8-. The summed E-state index contributed by atoms with van der Waals surface area (Å²) < 4.78 is 0.413. The number of carboxylic acid groups (broad SMARTS) is 1. The number of hydrogen-bond acceptors (Lipinski definition) is 4. The van der Waals surface area contributed by atoms with E-state index in [-0.39, 0.29) is 18.9 Å². The third-order valence-electron chi connectivity index (χ3n) is 2.90. The van der Waals surface area contributed by atoms with Gasteiger partial charge >= 0.3 is 5.97 Å². The second-order valence-electron chi connectivity index (χ2n) is 4.33. The summed E-state index contributed by atoms with van der Waals surface area (Å²) in [5.41, 5.74) is 2.04. The van der Waals surface area contributed by atoms with E-state index in [1.807, 2.05) is 31.2 Å².